The lowest BCUT2D eigenvalue weighted by molar-refractivity contribution is 0.419. The largest absolute Gasteiger partial charge is 0.494 e. The van der Waals surface area contributed by atoms with Crippen LogP contribution in [0.5, 0.6) is 5.75 Å². The van der Waals surface area contributed by atoms with Crippen molar-refractivity contribution in [1.82, 2.24) is 15.0 Å². The van der Waals surface area contributed by atoms with Gasteiger partial charge in [-0.2, -0.15) is 0 Å². The van der Waals surface area contributed by atoms with Gasteiger partial charge in [0.05, 0.1) is 18.6 Å². The van der Waals surface area contributed by atoms with Gasteiger partial charge in [0, 0.05) is 22.7 Å². The molecule has 0 aliphatic rings. The normalized spacial score (nSPS) is 11.5. The zero-order valence-corrected chi connectivity index (χ0v) is 19.4. The van der Waals surface area contributed by atoms with Crippen molar-refractivity contribution in [1.29, 1.82) is 0 Å². The van der Waals surface area contributed by atoms with Crippen LogP contribution in [0.2, 0.25) is 0 Å². The van der Waals surface area contributed by atoms with Gasteiger partial charge in [-0.05, 0) is 42.3 Å². The number of halogens is 1. The molecule has 0 aliphatic carbocycles. The minimum Gasteiger partial charge on any atom is -0.494 e. The highest BCUT2D eigenvalue weighted by molar-refractivity contribution is 7.92. The third kappa shape index (κ3) is 4.55. The number of methoxy groups -OCH3 is 1. The van der Waals surface area contributed by atoms with Gasteiger partial charge in [0.15, 0.2) is 11.6 Å². The maximum absolute atomic E-state index is 15.3. The Hall–Kier alpha value is -3.99. The van der Waals surface area contributed by atoms with Crippen LogP contribution in [0.25, 0.3) is 33.4 Å². The number of anilines is 3. The monoisotopic (exact) mass is 482 g/mol. The molecule has 0 amide bonds. The van der Waals surface area contributed by atoms with Crippen LogP contribution in [0.3, 0.4) is 0 Å². The second-order valence-electron chi connectivity index (χ2n) is 7.57. The van der Waals surface area contributed by atoms with Gasteiger partial charge in [-0.1, -0.05) is 19.1 Å². The number of rotatable bonds is 7. The summed E-state index contributed by atoms with van der Waals surface area (Å²) in [6.07, 6.45) is 1.95. The van der Waals surface area contributed by atoms with E-state index in [1.807, 2.05) is 0 Å². The number of fused-ring (bicyclic) bond motifs is 1. The second kappa shape index (κ2) is 9.10. The predicted molar refractivity (Wildman–Crippen MR) is 131 cm³/mol. The van der Waals surface area contributed by atoms with Crippen molar-refractivity contribution in [3.63, 3.8) is 0 Å². The lowest BCUT2D eigenvalue weighted by Gasteiger charge is -2.14. The summed E-state index contributed by atoms with van der Waals surface area (Å²) in [4.78, 5) is 13.0. The first-order chi connectivity index (χ1) is 16.2. The molecule has 2 heterocycles. The molecule has 0 bridgehead atoms. The third-order valence-electron chi connectivity index (χ3n) is 5.11. The van der Waals surface area contributed by atoms with Gasteiger partial charge in [-0.15, -0.1) is 0 Å². The number of hydrogen-bond acceptors (Lipinski definition) is 8. The first-order valence-corrected chi connectivity index (χ1v) is 12.0. The summed E-state index contributed by atoms with van der Waals surface area (Å²) >= 11 is 0. The number of nitrogens with one attached hydrogen (secondary N) is 1. The van der Waals surface area contributed by atoms with E-state index in [1.165, 1.54) is 19.4 Å². The molecular weight excluding hydrogens is 459 g/mol. The number of nitrogens with two attached hydrogens (primary N) is 2. The van der Waals surface area contributed by atoms with Crippen LogP contribution in [-0.2, 0) is 10.0 Å². The van der Waals surface area contributed by atoms with Crippen molar-refractivity contribution in [2.45, 2.75) is 13.3 Å². The molecule has 0 saturated carbocycles. The van der Waals surface area contributed by atoms with Gasteiger partial charge in [-0.3, -0.25) is 4.72 Å². The molecule has 0 unspecified atom stereocenters. The molecule has 0 saturated heterocycles. The number of ether oxygens (including phenoxy) is 1. The van der Waals surface area contributed by atoms with Gasteiger partial charge < -0.3 is 16.2 Å². The van der Waals surface area contributed by atoms with Crippen molar-refractivity contribution in [2.75, 3.05) is 29.1 Å². The van der Waals surface area contributed by atoms with E-state index in [9.17, 15) is 8.42 Å². The molecule has 0 radical (unpaired) electrons. The number of nitrogen functional groups attached to an aromatic ring is 2. The minimum absolute atomic E-state index is 0.111. The molecule has 0 fully saturated rings. The molecule has 9 nitrogen and oxygen atoms in total. The quantitative estimate of drug-likeness (QED) is 0.360. The molecule has 0 aliphatic heterocycles. The summed E-state index contributed by atoms with van der Waals surface area (Å²) in [7, 11) is -2.20. The fourth-order valence-electron chi connectivity index (χ4n) is 3.52. The average Bonchev–Trinajstić information content (AvgIpc) is 2.80. The van der Waals surface area contributed by atoms with Gasteiger partial charge >= 0.3 is 0 Å². The molecule has 11 heteroatoms. The summed E-state index contributed by atoms with van der Waals surface area (Å²) in [6.45, 7) is 1.73. The van der Waals surface area contributed by atoms with Gasteiger partial charge in [0.25, 0.3) is 0 Å². The molecule has 2 aromatic carbocycles. The van der Waals surface area contributed by atoms with Gasteiger partial charge in [0.2, 0.25) is 10.0 Å². The highest BCUT2D eigenvalue weighted by Gasteiger charge is 2.19. The minimum atomic E-state index is -3.66. The first kappa shape index (κ1) is 23.2. The molecular formula is C23H23FN6O3S. The summed E-state index contributed by atoms with van der Waals surface area (Å²) < 4.78 is 47.5. The standard InChI is InChI=1S/C23H23FN6O3S/c1-3-9-34(31,32)30-17-6-4-5-15(20(17)24)14-10-16-21(18(11-14)33-2)28-23(29-22(16)26)13-7-8-19(25)27-12-13/h4-8,10-12,30H,3,9H2,1-2H3,(H2,25,27)(H2,26,28,29). The molecule has 0 atom stereocenters. The van der Waals surface area contributed by atoms with E-state index in [0.29, 0.717) is 45.8 Å². The van der Waals surface area contributed by atoms with E-state index < -0.39 is 15.8 Å². The molecule has 2 aromatic heterocycles. The summed E-state index contributed by atoms with van der Waals surface area (Å²) in [5.41, 5.74) is 13.4. The molecule has 5 N–H and O–H groups in total. The number of nitrogens with zero attached hydrogens (tertiary/aromatic N) is 3. The van der Waals surface area contributed by atoms with Crippen LogP contribution in [0.15, 0.2) is 48.7 Å². The van der Waals surface area contributed by atoms with Crippen LogP contribution in [0.1, 0.15) is 13.3 Å². The maximum Gasteiger partial charge on any atom is 0.232 e. The van der Waals surface area contributed by atoms with Crippen LogP contribution in [0.4, 0.5) is 21.7 Å². The number of pyridine rings is 1. The van der Waals surface area contributed by atoms with Crippen LogP contribution < -0.4 is 20.9 Å². The Balaban J connectivity index is 1.84. The SMILES string of the molecule is CCCS(=O)(=O)Nc1cccc(-c2cc(OC)c3nc(-c4ccc(N)nc4)nc(N)c3c2)c1F. The van der Waals surface area contributed by atoms with Crippen molar-refractivity contribution in [3.8, 4) is 28.3 Å². The average molecular weight is 483 g/mol. The fraction of sp³-hybridized carbons (Fsp3) is 0.174. The second-order valence-corrected chi connectivity index (χ2v) is 9.41. The zero-order valence-electron chi connectivity index (χ0n) is 18.5. The van der Waals surface area contributed by atoms with Crippen molar-refractivity contribution in [3.05, 3.63) is 54.5 Å². The number of sulfonamides is 1. The lowest BCUT2D eigenvalue weighted by atomic mass is 10.0. The van der Waals surface area contributed by atoms with Crippen LogP contribution >= 0.6 is 0 Å². The smallest absolute Gasteiger partial charge is 0.232 e. The Bertz CT molecular complexity index is 1480. The van der Waals surface area contributed by atoms with Crippen molar-refractivity contribution >= 4 is 38.2 Å². The molecule has 176 valence electrons. The van der Waals surface area contributed by atoms with Gasteiger partial charge in [-0.25, -0.2) is 27.8 Å². The van der Waals surface area contributed by atoms with E-state index in [2.05, 4.69) is 19.7 Å². The fourth-order valence-corrected chi connectivity index (χ4v) is 4.65. The van der Waals surface area contributed by atoms with Crippen LogP contribution in [0, 0.1) is 5.82 Å². The van der Waals surface area contributed by atoms with Crippen molar-refractivity contribution in [2.24, 2.45) is 0 Å². The predicted octanol–water partition coefficient (Wildman–Crippen LogP) is 3.82. The molecule has 0 spiro atoms. The number of hydrogen-bond donors (Lipinski definition) is 3. The molecule has 4 aromatic rings. The van der Waals surface area contributed by atoms with E-state index >= 15 is 4.39 Å². The van der Waals surface area contributed by atoms with Crippen molar-refractivity contribution < 1.29 is 17.5 Å². The molecule has 34 heavy (non-hydrogen) atoms. The first-order valence-electron chi connectivity index (χ1n) is 10.4. The summed E-state index contributed by atoms with van der Waals surface area (Å²) in [6, 6.07) is 11.1. The highest BCUT2D eigenvalue weighted by atomic mass is 32.2. The van der Waals surface area contributed by atoms with Gasteiger partial charge in [0.1, 0.15) is 22.9 Å². The van der Waals surface area contributed by atoms with E-state index in [0.717, 1.165) is 0 Å². The summed E-state index contributed by atoms with van der Waals surface area (Å²) in [5.74, 6) is 0.385. The molecule has 4 rings (SSSR count). The Kier molecular flexibility index (Phi) is 6.20. The Labute approximate surface area is 196 Å². The van der Waals surface area contributed by atoms with E-state index in [-0.39, 0.29) is 22.8 Å². The topological polar surface area (TPSA) is 146 Å². The third-order valence-corrected chi connectivity index (χ3v) is 6.58. The lowest BCUT2D eigenvalue weighted by Crippen LogP contribution is -2.17. The number of aromatic nitrogens is 3. The maximum atomic E-state index is 15.3. The van der Waals surface area contributed by atoms with E-state index in [4.69, 9.17) is 16.2 Å². The van der Waals surface area contributed by atoms with Crippen LogP contribution in [-0.4, -0.2) is 36.2 Å². The Morgan fingerprint density at radius 3 is 2.56 bits per heavy atom. The Morgan fingerprint density at radius 1 is 1.09 bits per heavy atom. The number of benzene rings is 2. The zero-order chi connectivity index (χ0) is 24.5. The highest BCUT2D eigenvalue weighted by Crippen LogP contribution is 2.37. The summed E-state index contributed by atoms with van der Waals surface area (Å²) in [5, 5.41) is 0.456. The Morgan fingerprint density at radius 2 is 1.88 bits per heavy atom. The van der Waals surface area contributed by atoms with E-state index in [1.54, 1.807) is 43.3 Å².